The molecule has 2 N–H and O–H groups in total. The highest BCUT2D eigenvalue weighted by Crippen LogP contribution is 2.38. The lowest BCUT2D eigenvalue weighted by atomic mass is 9.77. The van der Waals surface area contributed by atoms with Crippen molar-refractivity contribution >= 4 is 5.97 Å². The summed E-state index contributed by atoms with van der Waals surface area (Å²) in [6, 6.07) is 19.6. The largest absolute Gasteiger partial charge is 0.507 e. The van der Waals surface area contributed by atoms with E-state index < -0.39 is 11.4 Å². The van der Waals surface area contributed by atoms with E-state index in [0.29, 0.717) is 19.0 Å². The molecule has 162 valence electrons. The van der Waals surface area contributed by atoms with Gasteiger partial charge in [-0.2, -0.15) is 0 Å². The molecular formula is C25H26O6. The van der Waals surface area contributed by atoms with Crippen LogP contribution < -0.4 is 14.2 Å². The van der Waals surface area contributed by atoms with Crippen LogP contribution >= 0.6 is 0 Å². The summed E-state index contributed by atoms with van der Waals surface area (Å²) in [4.78, 5) is 11.4. The second-order valence-corrected chi connectivity index (χ2v) is 7.53. The molecule has 0 saturated heterocycles. The second kappa shape index (κ2) is 9.43. The first-order valence-corrected chi connectivity index (χ1v) is 9.89. The number of hydrogen-bond donors (Lipinski definition) is 2. The smallest absolute Gasteiger partial charge is 0.339 e. The number of phenols is 1. The Kier molecular flexibility index (Phi) is 6.70. The Labute approximate surface area is 181 Å². The minimum atomic E-state index is -1.17. The molecule has 0 unspecified atom stereocenters. The fourth-order valence-corrected chi connectivity index (χ4v) is 3.34. The normalized spacial score (nSPS) is 11.1. The Morgan fingerprint density at radius 1 is 0.903 bits per heavy atom. The molecule has 0 radical (unpaired) electrons. The van der Waals surface area contributed by atoms with Crippen LogP contribution in [0.1, 0.15) is 35.3 Å². The maximum Gasteiger partial charge on any atom is 0.339 e. The van der Waals surface area contributed by atoms with Crippen molar-refractivity contribution in [3.05, 3.63) is 83.4 Å². The molecule has 0 aromatic heterocycles. The van der Waals surface area contributed by atoms with Gasteiger partial charge in [0.25, 0.3) is 0 Å². The minimum absolute atomic E-state index is 0.128. The molecule has 3 aromatic carbocycles. The molecule has 0 aliphatic carbocycles. The van der Waals surface area contributed by atoms with Crippen LogP contribution in [0.4, 0.5) is 0 Å². The summed E-state index contributed by atoms with van der Waals surface area (Å²) in [5, 5.41) is 19.2. The zero-order chi connectivity index (χ0) is 22.4. The highest BCUT2D eigenvalue weighted by molar-refractivity contribution is 5.91. The molecule has 0 heterocycles. The van der Waals surface area contributed by atoms with Crippen LogP contribution in [0.25, 0.3) is 0 Å². The van der Waals surface area contributed by atoms with Crippen LogP contribution in [-0.4, -0.2) is 36.5 Å². The quantitative estimate of drug-likeness (QED) is 0.478. The van der Waals surface area contributed by atoms with E-state index in [2.05, 4.69) is 0 Å². The number of aromatic carboxylic acids is 1. The third kappa shape index (κ3) is 5.09. The van der Waals surface area contributed by atoms with E-state index in [1.165, 1.54) is 12.1 Å². The number of benzene rings is 3. The number of para-hydroxylation sites is 1. The van der Waals surface area contributed by atoms with Crippen LogP contribution in [0.3, 0.4) is 0 Å². The summed E-state index contributed by atoms with van der Waals surface area (Å²) in [5.74, 6) is 0.752. The van der Waals surface area contributed by atoms with Crippen molar-refractivity contribution in [2.24, 2.45) is 0 Å². The van der Waals surface area contributed by atoms with E-state index in [1.807, 2.05) is 62.4 Å². The number of carboxylic acids is 1. The summed E-state index contributed by atoms with van der Waals surface area (Å²) in [6.07, 6.45) is 0. The Bertz CT molecular complexity index is 1040. The van der Waals surface area contributed by atoms with E-state index in [9.17, 15) is 15.0 Å². The zero-order valence-electron chi connectivity index (χ0n) is 17.8. The molecular weight excluding hydrogens is 396 g/mol. The maximum atomic E-state index is 11.4. The van der Waals surface area contributed by atoms with Gasteiger partial charge in [0.15, 0.2) is 0 Å². The van der Waals surface area contributed by atoms with E-state index in [4.69, 9.17) is 14.2 Å². The van der Waals surface area contributed by atoms with E-state index >= 15 is 0 Å². The predicted octanol–water partition coefficient (Wildman–Crippen LogP) is 4.88. The van der Waals surface area contributed by atoms with E-state index in [0.717, 1.165) is 22.6 Å². The summed E-state index contributed by atoms with van der Waals surface area (Å²) in [7, 11) is 1.61. The molecule has 0 aliphatic rings. The lowest BCUT2D eigenvalue weighted by Crippen LogP contribution is -2.21. The van der Waals surface area contributed by atoms with Gasteiger partial charge in [-0.05, 0) is 48.0 Å². The Morgan fingerprint density at radius 2 is 1.55 bits per heavy atom. The maximum absolute atomic E-state index is 11.4. The van der Waals surface area contributed by atoms with Gasteiger partial charge in [-0.1, -0.05) is 38.1 Å². The molecule has 0 bridgehead atoms. The molecule has 31 heavy (non-hydrogen) atoms. The first-order valence-electron chi connectivity index (χ1n) is 9.89. The molecule has 6 nitrogen and oxygen atoms in total. The van der Waals surface area contributed by atoms with Crippen LogP contribution in [0.2, 0.25) is 0 Å². The van der Waals surface area contributed by atoms with Gasteiger partial charge in [-0.25, -0.2) is 4.79 Å². The summed E-state index contributed by atoms with van der Waals surface area (Å²) in [5.41, 5.74) is 0.984. The molecule has 0 saturated carbocycles. The van der Waals surface area contributed by atoms with Crippen molar-refractivity contribution in [3.8, 4) is 23.0 Å². The summed E-state index contributed by atoms with van der Waals surface area (Å²) in [6.45, 7) is 4.68. The van der Waals surface area contributed by atoms with Crippen molar-refractivity contribution < 1.29 is 29.2 Å². The number of methoxy groups -OCH3 is 1. The lowest BCUT2D eigenvalue weighted by Gasteiger charge is -2.28. The van der Waals surface area contributed by atoms with Crippen molar-refractivity contribution in [3.63, 3.8) is 0 Å². The molecule has 0 amide bonds. The van der Waals surface area contributed by atoms with Gasteiger partial charge >= 0.3 is 5.97 Å². The third-order valence-electron chi connectivity index (χ3n) is 5.18. The monoisotopic (exact) mass is 422 g/mol. The van der Waals surface area contributed by atoms with Crippen molar-refractivity contribution in [1.82, 2.24) is 0 Å². The van der Waals surface area contributed by atoms with Crippen LogP contribution in [0, 0.1) is 0 Å². The number of rotatable bonds is 9. The van der Waals surface area contributed by atoms with Gasteiger partial charge in [0.05, 0.1) is 7.11 Å². The van der Waals surface area contributed by atoms with Crippen molar-refractivity contribution in [2.45, 2.75) is 19.3 Å². The van der Waals surface area contributed by atoms with E-state index in [-0.39, 0.29) is 11.3 Å². The van der Waals surface area contributed by atoms with Gasteiger partial charge in [0, 0.05) is 11.0 Å². The second-order valence-electron chi connectivity index (χ2n) is 7.53. The highest BCUT2D eigenvalue weighted by atomic mass is 16.5. The first-order chi connectivity index (χ1) is 14.8. The summed E-state index contributed by atoms with van der Waals surface area (Å²) >= 11 is 0. The van der Waals surface area contributed by atoms with Gasteiger partial charge in [-0.15, -0.1) is 0 Å². The predicted molar refractivity (Wildman–Crippen MR) is 118 cm³/mol. The topological polar surface area (TPSA) is 85.2 Å². The van der Waals surface area contributed by atoms with Gasteiger partial charge in [0.2, 0.25) is 0 Å². The molecule has 0 fully saturated rings. The number of ether oxygens (including phenoxy) is 3. The highest BCUT2D eigenvalue weighted by Gasteiger charge is 2.28. The molecule has 0 atom stereocenters. The molecule has 3 aromatic rings. The standard InChI is InChI=1S/C25H26O6/c1-25(2,17-8-13-22(26)20(16-17)24(27)28)21-6-4-5-7-23(21)31-15-14-30-19-11-9-18(29-3)10-12-19/h4-13,16,26H,14-15H2,1-3H3,(H,27,28). The molecule has 3 rings (SSSR count). The van der Waals surface area contributed by atoms with Crippen molar-refractivity contribution in [1.29, 1.82) is 0 Å². The number of hydrogen-bond acceptors (Lipinski definition) is 5. The first kappa shape index (κ1) is 22.0. The molecule has 0 spiro atoms. The van der Waals surface area contributed by atoms with Gasteiger partial charge in [-0.3, -0.25) is 0 Å². The van der Waals surface area contributed by atoms with Crippen molar-refractivity contribution in [2.75, 3.05) is 20.3 Å². The Hall–Kier alpha value is -3.67. The minimum Gasteiger partial charge on any atom is -0.507 e. The van der Waals surface area contributed by atoms with Gasteiger partial charge < -0.3 is 24.4 Å². The zero-order valence-corrected chi connectivity index (χ0v) is 17.8. The number of carboxylic acid groups (broad SMARTS) is 1. The third-order valence-corrected chi connectivity index (χ3v) is 5.18. The number of carbonyl (C=O) groups is 1. The lowest BCUT2D eigenvalue weighted by molar-refractivity contribution is 0.0693. The fraction of sp³-hybridized carbons (Fsp3) is 0.240. The Balaban J connectivity index is 1.73. The number of aromatic hydroxyl groups is 1. The van der Waals surface area contributed by atoms with E-state index in [1.54, 1.807) is 13.2 Å². The average Bonchev–Trinajstić information content (AvgIpc) is 2.77. The SMILES string of the molecule is COc1ccc(OCCOc2ccccc2C(C)(C)c2ccc(O)c(C(=O)O)c2)cc1. The average molecular weight is 422 g/mol. The fourth-order valence-electron chi connectivity index (χ4n) is 3.34. The summed E-state index contributed by atoms with van der Waals surface area (Å²) < 4.78 is 16.9. The van der Waals surface area contributed by atoms with Crippen LogP contribution in [0.5, 0.6) is 23.0 Å². The van der Waals surface area contributed by atoms with Crippen LogP contribution in [-0.2, 0) is 5.41 Å². The molecule has 6 heteroatoms. The van der Waals surface area contributed by atoms with Gasteiger partial charge in [0.1, 0.15) is 41.8 Å². The molecule has 0 aliphatic heterocycles. The Morgan fingerprint density at radius 3 is 2.23 bits per heavy atom. The van der Waals surface area contributed by atoms with Crippen LogP contribution in [0.15, 0.2) is 66.7 Å².